The second-order valence-electron chi connectivity index (χ2n) is 10.4. The number of hydrogen-bond acceptors (Lipinski definition) is 6. The zero-order valence-corrected chi connectivity index (χ0v) is 28.1. The van der Waals surface area contributed by atoms with Gasteiger partial charge in [0.1, 0.15) is 11.5 Å². The first-order valence-corrected chi connectivity index (χ1v) is 14.2. The molecule has 0 spiro atoms. The number of aliphatic imine (C=N–C) groups is 2. The molecule has 0 aliphatic rings. The summed E-state index contributed by atoms with van der Waals surface area (Å²) in [4.78, 5) is 18.4. The second-order valence-corrected chi connectivity index (χ2v) is 10.4. The Labute approximate surface area is 275 Å². The summed E-state index contributed by atoms with van der Waals surface area (Å²) in [7, 11) is 0. The van der Waals surface area contributed by atoms with Gasteiger partial charge < -0.3 is 10.2 Å². The topological polar surface area (TPSA) is 91.0 Å². The Morgan fingerprint density at radius 3 is 1.33 bits per heavy atom. The quantitative estimate of drug-likeness (QED) is 0.135. The summed E-state index contributed by atoms with van der Waals surface area (Å²) in [6.45, 7) is 3.79. The van der Waals surface area contributed by atoms with Crippen molar-refractivity contribution >= 4 is 22.8 Å². The smallest absolute Gasteiger partial charge is 0.124 e. The van der Waals surface area contributed by atoms with Crippen LogP contribution in [0.3, 0.4) is 0 Å². The van der Waals surface area contributed by atoms with Crippen LogP contribution in [0.1, 0.15) is 25.0 Å². The fourth-order valence-electron chi connectivity index (χ4n) is 5.16. The number of pyridine rings is 2. The first kappa shape index (κ1) is 31.2. The Bertz CT molecular complexity index is 1860. The largest absolute Gasteiger partial charge is 0.507 e. The van der Waals surface area contributed by atoms with E-state index in [1.807, 2.05) is 111 Å². The Hall–Kier alpha value is -5.26. The monoisotopic (exact) mass is 638 g/mol. The van der Waals surface area contributed by atoms with Gasteiger partial charge in [-0.05, 0) is 73.5 Å². The first-order chi connectivity index (χ1) is 21.5. The molecule has 4 aromatic carbocycles. The average molecular weight is 640 g/mol. The number of phenolic OH excluding ortho intramolecular Hbond substituents is 2. The third-order valence-corrected chi connectivity index (χ3v) is 7.44. The second kappa shape index (κ2) is 14.0. The van der Waals surface area contributed by atoms with Crippen LogP contribution >= 0.6 is 0 Å². The number of rotatable bonds is 7. The average Bonchev–Trinajstić information content (AvgIpc) is 3.06. The number of benzene rings is 4. The summed E-state index contributed by atoms with van der Waals surface area (Å²) in [5, 5.41) is 21.5. The van der Waals surface area contributed by atoms with Crippen molar-refractivity contribution in [1.29, 1.82) is 0 Å². The van der Waals surface area contributed by atoms with Crippen LogP contribution in [0.25, 0.3) is 33.4 Å². The van der Waals surface area contributed by atoms with Crippen LogP contribution < -0.4 is 0 Å². The van der Waals surface area contributed by atoms with Crippen LogP contribution in [0.5, 0.6) is 11.5 Å². The van der Waals surface area contributed by atoms with E-state index in [0.29, 0.717) is 22.6 Å². The molecule has 0 radical (unpaired) electrons. The summed E-state index contributed by atoms with van der Waals surface area (Å²) in [6.07, 6.45) is 7.07. The molecule has 0 amide bonds. The van der Waals surface area contributed by atoms with Crippen LogP contribution in [0.4, 0.5) is 11.4 Å². The van der Waals surface area contributed by atoms with Gasteiger partial charge >= 0.3 is 0 Å². The summed E-state index contributed by atoms with van der Waals surface area (Å²) < 4.78 is 0. The number of aromatic hydroxyl groups is 2. The van der Waals surface area contributed by atoms with Gasteiger partial charge in [-0.15, -0.1) is 0 Å². The van der Waals surface area contributed by atoms with Crippen LogP contribution in [-0.2, 0) is 19.5 Å². The Kier molecular flexibility index (Phi) is 9.71. The molecule has 0 unspecified atom stereocenters. The van der Waals surface area contributed by atoms with Gasteiger partial charge in [0.05, 0.1) is 11.4 Å². The minimum absolute atomic E-state index is 0. The molecule has 0 saturated carbocycles. The van der Waals surface area contributed by atoms with E-state index >= 15 is 0 Å². The third kappa shape index (κ3) is 6.95. The van der Waals surface area contributed by atoms with E-state index in [0.717, 1.165) is 44.8 Å². The SMILES string of the molecule is CC(=Nc1ccccc1-c1ccccc1N=C(C)c1cc(-c2cccnc2)ccc1O)c1cc(-c2cccnc2)ccc1O.[Zn]. The van der Waals surface area contributed by atoms with Gasteiger partial charge in [0.15, 0.2) is 0 Å². The predicted octanol–water partition coefficient (Wildman–Crippen LogP) is 9.17. The molecule has 6 nitrogen and oxygen atoms in total. The molecule has 45 heavy (non-hydrogen) atoms. The van der Waals surface area contributed by atoms with Crippen molar-refractivity contribution in [2.75, 3.05) is 0 Å². The maximum absolute atomic E-state index is 10.7. The van der Waals surface area contributed by atoms with Gasteiger partial charge in [0.2, 0.25) is 0 Å². The molecule has 2 aromatic heterocycles. The molecule has 0 saturated heterocycles. The number of phenols is 2. The number of aromatic nitrogens is 2. The summed E-state index contributed by atoms with van der Waals surface area (Å²) in [6, 6.07) is 34.5. The predicted molar refractivity (Wildman–Crippen MR) is 178 cm³/mol. The first-order valence-electron chi connectivity index (χ1n) is 14.2. The van der Waals surface area contributed by atoms with Gasteiger partial charge in [0.25, 0.3) is 0 Å². The number of para-hydroxylation sites is 2. The van der Waals surface area contributed by atoms with E-state index in [9.17, 15) is 10.2 Å². The van der Waals surface area contributed by atoms with Gasteiger partial charge in [-0.1, -0.05) is 60.7 Å². The number of hydrogen-bond donors (Lipinski definition) is 2. The molecule has 2 N–H and O–H groups in total. The Morgan fingerprint density at radius 2 is 0.933 bits per heavy atom. The minimum atomic E-state index is 0. The summed E-state index contributed by atoms with van der Waals surface area (Å²) >= 11 is 0. The van der Waals surface area contributed by atoms with Crippen molar-refractivity contribution in [3.05, 3.63) is 145 Å². The molecule has 0 fully saturated rings. The van der Waals surface area contributed by atoms with Crippen molar-refractivity contribution in [3.63, 3.8) is 0 Å². The molecule has 6 rings (SSSR count). The normalized spacial score (nSPS) is 11.6. The van der Waals surface area contributed by atoms with Crippen molar-refractivity contribution in [2.24, 2.45) is 9.98 Å². The van der Waals surface area contributed by atoms with E-state index < -0.39 is 0 Å². The molecule has 7 heteroatoms. The zero-order chi connectivity index (χ0) is 30.5. The minimum Gasteiger partial charge on any atom is -0.507 e. The van der Waals surface area contributed by atoms with E-state index in [1.54, 1.807) is 36.9 Å². The molecule has 216 valence electrons. The van der Waals surface area contributed by atoms with E-state index in [2.05, 4.69) is 9.97 Å². The summed E-state index contributed by atoms with van der Waals surface area (Å²) in [5.74, 6) is 0.315. The molecular weight excluding hydrogens is 610 g/mol. The van der Waals surface area contributed by atoms with Gasteiger partial charge in [-0.3, -0.25) is 20.0 Å². The molecule has 0 aliphatic carbocycles. The number of nitrogens with zero attached hydrogens (tertiary/aromatic N) is 4. The van der Waals surface area contributed by atoms with Crippen LogP contribution in [0.15, 0.2) is 144 Å². The third-order valence-electron chi connectivity index (χ3n) is 7.44. The molecule has 0 bridgehead atoms. The molecular formula is C38H30N4O2Zn. The zero-order valence-electron chi connectivity index (χ0n) is 25.1. The van der Waals surface area contributed by atoms with E-state index in [1.165, 1.54) is 0 Å². The van der Waals surface area contributed by atoms with Gasteiger partial charge in [0, 0.05) is 89.1 Å². The van der Waals surface area contributed by atoms with Crippen molar-refractivity contribution in [2.45, 2.75) is 13.8 Å². The molecule has 6 aromatic rings. The standard InChI is InChI=1S/C38H30N4O2.Zn/c1-25(33-21-27(15-17-37(33)43)29-9-7-19-39-23-29)41-35-13-5-3-11-31(35)32-12-4-6-14-36(32)42-26(2)34-22-28(16-18-38(34)44)30-10-8-20-40-24-30;/h3-24,43-44H,1-2H3;. The molecule has 2 heterocycles. The Balaban J connectivity index is 0.00000400. The fraction of sp³-hybridized carbons (Fsp3) is 0.0526. The Morgan fingerprint density at radius 1 is 0.511 bits per heavy atom. The maximum atomic E-state index is 10.7. The van der Waals surface area contributed by atoms with Crippen LogP contribution in [0, 0.1) is 0 Å². The van der Waals surface area contributed by atoms with Crippen molar-refractivity contribution in [1.82, 2.24) is 9.97 Å². The van der Waals surface area contributed by atoms with Gasteiger partial charge in [-0.2, -0.15) is 0 Å². The van der Waals surface area contributed by atoms with E-state index in [-0.39, 0.29) is 31.0 Å². The van der Waals surface area contributed by atoms with E-state index in [4.69, 9.17) is 9.98 Å². The van der Waals surface area contributed by atoms with Crippen molar-refractivity contribution in [3.8, 4) is 44.9 Å². The molecule has 0 atom stereocenters. The maximum Gasteiger partial charge on any atom is 0.124 e. The molecule has 0 aliphatic heterocycles. The van der Waals surface area contributed by atoms with Crippen LogP contribution in [0.2, 0.25) is 0 Å². The summed E-state index contributed by atoms with van der Waals surface area (Å²) in [5.41, 5.74) is 9.74. The van der Waals surface area contributed by atoms with Crippen LogP contribution in [-0.4, -0.2) is 31.6 Å². The van der Waals surface area contributed by atoms with Crippen molar-refractivity contribution < 1.29 is 29.7 Å². The van der Waals surface area contributed by atoms with Gasteiger partial charge in [-0.25, -0.2) is 0 Å². The fourth-order valence-corrected chi connectivity index (χ4v) is 5.16.